The van der Waals surface area contributed by atoms with Gasteiger partial charge in [0.25, 0.3) is 0 Å². The zero-order valence-corrected chi connectivity index (χ0v) is 15.4. The van der Waals surface area contributed by atoms with E-state index < -0.39 is 0 Å². The maximum Gasteiger partial charge on any atom is 0.245 e. The molecule has 0 bridgehead atoms. The molecule has 2 aromatic heterocycles. The van der Waals surface area contributed by atoms with Crippen LogP contribution in [0.1, 0.15) is 24.4 Å². The summed E-state index contributed by atoms with van der Waals surface area (Å²) in [6.45, 7) is 2.04. The molecular weight excluding hydrogens is 348 g/mol. The van der Waals surface area contributed by atoms with Gasteiger partial charge in [0.2, 0.25) is 11.3 Å². The lowest BCUT2D eigenvalue weighted by atomic mass is 10.0. The van der Waals surface area contributed by atoms with E-state index in [1.54, 1.807) is 14.2 Å². The van der Waals surface area contributed by atoms with Gasteiger partial charge in [-0.1, -0.05) is 18.2 Å². The fraction of sp³-hybridized carbons (Fsp3) is 0.444. The number of para-hydroxylation sites is 1. The highest BCUT2D eigenvalue weighted by Crippen LogP contribution is 2.41. The molecule has 9 heteroatoms. The van der Waals surface area contributed by atoms with Crippen molar-refractivity contribution in [2.45, 2.75) is 18.9 Å². The van der Waals surface area contributed by atoms with Crippen molar-refractivity contribution in [2.75, 3.05) is 44.1 Å². The fourth-order valence-electron chi connectivity index (χ4n) is 3.50. The zero-order valence-electron chi connectivity index (χ0n) is 15.4. The van der Waals surface area contributed by atoms with Crippen molar-refractivity contribution in [1.82, 2.24) is 20.3 Å². The second kappa shape index (κ2) is 7.75. The predicted molar refractivity (Wildman–Crippen MR) is 100 cm³/mol. The van der Waals surface area contributed by atoms with Crippen LogP contribution in [0, 0.1) is 0 Å². The van der Waals surface area contributed by atoms with Gasteiger partial charge in [-0.05, 0) is 29.2 Å². The number of hydrogen-bond donors (Lipinski definition) is 1. The Balaban J connectivity index is 1.73. The second-order valence-corrected chi connectivity index (χ2v) is 6.32. The van der Waals surface area contributed by atoms with Crippen molar-refractivity contribution in [2.24, 2.45) is 0 Å². The van der Waals surface area contributed by atoms with Gasteiger partial charge in [-0.3, -0.25) is 0 Å². The molecule has 9 nitrogen and oxygen atoms in total. The number of aromatic nitrogens is 4. The van der Waals surface area contributed by atoms with Crippen molar-refractivity contribution in [1.29, 1.82) is 0 Å². The molecule has 1 aliphatic heterocycles. The highest BCUT2D eigenvalue weighted by atomic mass is 16.6. The molecule has 0 radical (unpaired) electrons. The summed E-state index contributed by atoms with van der Waals surface area (Å²) in [4.78, 5) is 11.5. The van der Waals surface area contributed by atoms with Gasteiger partial charge < -0.3 is 19.7 Å². The van der Waals surface area contributed by atoms with E-state index in [0.29, 0.717) is 30.3 Å². The first-order valence-corrected chi connectivity index (χ1v) is 8.94. The van der Waals surface area contributed by atoms with Gasteiger partial charge in [0.05, 0.1) is 19.8 Å². The predicted octanol–water partition coefficient (Wildman–Crippen LogP) is 2.42. The molecule has 4 rings (SSSR count). The molecule has 1 aliphatic rings. The van der Waals surface area contributed by atoms with Gasteiger partial charge in [-0.2, -0.15) is 0 Å². The molecular formula is C18H22N6O3. The van der Waals surface area contributed by atoms with Crippen molar-refractivity contribution in [3.63, 3.8) is 0 Å². The van der Waals surface area contributed by atoms with Crippen LogP contribution in [0.25, 0.3) is 11.3 Å². The molecule has 1 aromatic carbocycles. The van der Waals surface area contributed by atoms with Gasteiger partial charge in [0.1, 0.15) is 5.75 Å². The molecule has 27 heavy (non-hydrogen) atoms. The molecule has 0 spiro atoms. The van der Waals surface area contributed by atoms with E-state index in [2.05, 4.69) is 36.6 Å². The number of hydrogen-bond acceptors (Lipinski definition) is 9. The van der Waals surface area contributed by atoms with Crippen LogP contribution in [0.15, 0.2) is 28.9 Å². The third kappa shape index (κ3) is 3.37. The summed E-state index contributed by atoms with van der Waals surface area (Å²) in [5.41, 5.74) is 1.92. The summed E-state index contributed by atoms with van der Waals surface area (Å²) in [6, 6.07) is 8.24. The third-order valence-electron chi connectivity index (χ3n) is 4.72. The average Bonchev–Trinajstić information content (AvgIpc) is 3.36. The Kier molecular flexibility index (Phi) is 5.01. The molecule has 1 saturated heterocycles. The summed E-state index contributed by atoms with van der Waals surface area (Å²) in [7, 11) is 3.36. The number of rotatable bonds is 7. The van der Waals surface area contributed by atoms with Crippen LogP contribution in [0.2, 0.25) is 0 Å². The smallest absolute Gasteiger partial charge is 0.245 e. The van der Waals surface area contributed by atoms with Gasteiger partial charge in [-0.25, -0.2) is 14.6 Å². The number of anilines is 2. The molecule has 3 aromatic rings. The quantitative estimate of drug-likeness (QED) is 0.629. The lowest BCUT2D eigenvalue weighted by Gasteiger charge is -2.28. The van der Waals surface area contributed by atoms with E-state index in [9.17, 15) is 0 Å². The van der Waals surface area contributed by atoms with Crippen LogP contribution in [-0.4, -0.2) is 54.2 Å². The van der Waals surface area contributed by atoms with Crippen LogP contribution >= 0.6 is 0 Å². The van der Waals surface area contributed by atoms with Crippen LogP contribution < -0.4 is 15.0 Å². The Morgan fingerprint density at radius 1 is 1.19 bits per heavy atom. The maximum atomic E-state index is 5.58. The number of benzene rings is 1. The summed E-state index contributed by atoms with van der Waals surface area (Å²) >= 11 is 0. The minimum Gasteiger partial charge on any atom is -0.496 e. The van der Waals surface area contributed by atoms with E-state index >= 15 is 0 Å². The Hall–Kier alpha value is -2.94. The van der Waals surface area contributed by atoms with Crippen molar-refractivity contribution in [3.05, 3.63) is 29.8 Å². The van der Waals surface area contributed by atoms with Crippen LogP contribution in [0.4, 0.5) is 11.6 Å². The normalized spacial score (nSPS) is 16.8. The molecule has 1 fully saturated rings. The first-order valence-electron chi connectivity index (χ1n) is 8.94. The Morgan fingerprint density at radius 2 is 2.00 bits per heavy atom. The second-order valence-electron chi connectivity index (χ2n) is 6.32. The number of nitrogens with one attached hydrogen (secondary N) is 1. The van der Waals surface area contributed by atoms with E-state index in [1.807, 2.05) is 18.2 Å². The summed E-state index contributed by atoms with van der Waals surface area (Å²) in [6.07, 6.45) is 2.06. The number of ether oxygens (including phenoxy) is 2. The number of nitrogens with zero attached hydrogens (tertiary/aromatic N) is 5. The van der Waals surface area contributed by atoms with E-state index in [4.69, 9.17) is 14.1 Å². The van der Waals surface area contributed by atoms with Gasteiger partial charge >= 0.3 is 0 Å². The largest absolute Gasteiger partial charge is 0.496 e. The van der Waals surface area contributed by atoms with Gasteiger partial charge in [0.15, 0.2) is 11.6 Å². The highest BCUT2D eigenvalue weighted by molar-refractivity contribution is 5.74. The first-order chi connectivity index (χ1) is 13.3. The Morgan fingerprint density at radius 3 is 2.81 bits per heavy atom. The van der Waals surface area contributed by atoms with Crippen LogP contribution in [-0.2, 0) is 4.74 Å². The van der Waals surface area contributed by atoms with Crippen molar-refractivity contribution >= 4 is 22.9 Å². The van der Waals surface area contributed by atoms with E-state index in [0.717, 1.165) is 36.5 Å². The third-order valence-corrected chi connectivity index (χ3v) is 4.72. The monoisotopic (exact) mass is 370 g/mol. The van der Waals surface area contributed by atoms with Crippen molar-refractivity contribution < 1.29 is 14.1 Å². The van der Waals surface area contributed by atoms with Gasteiger partial charge in [0, 0.05) is 25.8 Å². The minimum atomic E-state index is 0.149. The molecule has 0 amide bonds. The molecule has 3 heterocycles. The van der Waals surface area contributed by atoms with Crippen LogP contribution in [0.5, 0.6) is 5.75 Å². The SMILES string of the molecule is COCCNc1nc2nonc2nc1N1CCC[C@@H]1c1ccccc1OC. The van der Waals surface area contributed by atoms with E-state index in [-0.39, 0.29) is 6.04 Å². The van der Waals surface area contributed by atoms with Gasteiger partial charge in [-0.15, -0.1) is 0 Å². The lowest BCUT2D eigenvalue weighted by Crippen LogP contribution is -2.26. The topological polar surface area (TPSA) is 98.4 Å². The van der Waals surface area contributed by atoms with E-state index in [1.165, 1.54) is 0 Å². The first kappa shape index (κ1) is 17.5. The molecule has 0 saturated carbocycles. The highest BCUT2D eigenvalue weighted by Gasteiger charge is 2.32. The summed E-state index contributed by atoms with van der Waals surface area (Å²) < 4.78 is 15.5. The average molecular weight is 370 g/mol. The molecule has 0 unspecified atom stereocenters. The molecule has 142 valence electrons. The lowest BCUT2D eigenvalue weighted by molar-refractivity contribution is 0.210. The maximum absolute atomic E-state index is 5.58. The minimum absolute atomic E-state index is 0.149. The molecule has 1 N–H and O–H groups in total. The van der Waals surface area contributed by atoms with Crippen LogP contribution in [0.3, 0.4) is 0 Å². The zero-order chi connectivity index (χ0) is 18.6. The number of methoxy groups -OCH3 is 2. The summed E-state index contributed by atoms with van der Waals surface area (Å²) in [5.74, 6) is 2.26. The molecule has 1 atom stereocenters. The standard InChI is InChI=1S/C18H22N6O3/c1-25-11-9-19-17-18(21-16-15(20-17)22-27-23-16)24-10-5-7-13(24)12-6-3-4-8-14(12)26-2/h3-4,6,8,13H,5,7,9-11H2,1-2H3,(H,19,20,22)/t13-/m1/s1. The fourth-order valence-corrected chi connectivity index (χ4v) is 3.50. The Labute approximate surface area is 156 Å². The summed E-state index contributed by atoms with van der Waals surface area (Å²) in [5, 5.41) is 11.0. The number of fused-ring (bicyclic) bond motifs is 1. The molecule has 0 aliphatic carbocycles. The Bertz CT molecular complexity index is 915. The van der Waals surface area contributed by atoms with Crippen molar-refractivity contribution in [3.8, 4) is 5.75 Å².